The maximum absolute atomic E-state index is 12.7. The van der Waals surface area contributed by atoms with Crippen LogP contribution in [0.4, 0.5) is 5.69 Å². The Morgan fingerprint density at radius 1 is 1.00 bits per heavy atom. The summed E-state index contributed by atoms with van der Waals surface area (Å²) in [4.78, 5) is 26.8. The number of anilines is 1. The second-order valence-electron chi connectivity index (χ2n) is 6.94. The third kappa shape index (κ3) is 5.58. The van der Waals surface area contributed by atoms with Crippen molar-refractivity contribution < 1.29 is 14.3 Å². The summed E-state index contributed by atoms with van der Waals surface area (Å²) >= 11 is 0. The molecule has 5 nitrogen and oxygen atoms in total. The molecule has 1 aliphatic heterocycles. The molecule has 1 N–H and O–H groups in total. The van der Waals surface area contributed by atoms with Crippen LogP contribution in [0, 0.1) is 6.92 Å². The molecule has 27 heavy (non-hydrogen) atoms. The second kappa shape index (κ2) is 9.21. The molecule has 0 bridgehead atoms. The van der Waals surface area contributed by atoms with E-state index in [0.717, 1.165) is 31.5 Å². The average molecular weight is 366 g/mol. The topological polar surface area (TPSA) is 58.6 Å². The maximum Gasteiger partial charge on any atom is 0.262 e. The van der Waals surface area contributed by atoms with Crippen LogP contribution in [0.25, 0.3) is 0 Å². The molecular formula is C22H26N2O3. The number of ether oxygens (including phenoxy) is 1. The monoisotopic (exact) mass is 366 g/mol. The van der Waals surface area contributed by atoms with E-state index in [1.165, 1.54) is 12.8 Å². The van der Waals surface area contributed by atoms with E-state index in [1.807, 2.05) is 36.1 Å². The number of hydrogen-bond donors (Lipinski definition) is 1. The van der Waals surface area contributed by atoms with Gasteiger partial charge in [-0.1, -0.05) is 36.6 Å². The summed E-state index contributed by atoms with van der Waals surface area (Å²) in [6.45, 7) is 3.53. The zero-order valence-corrected chi connectivity index (χ0v) is 15.7. The third-order valence-corrected chi connectivity index (χ3v) is 4.68. The van der Waals surface area contributed by atoms with Gasteiger partial charge in [0.05, 0.1) is 0 Å². The van der Waals surface area contributed by atoms with Crippen LogP contribution < -0.4 is 10.1 Å². The summed E-state index contributed by atoms with van der Waals surface area (Å²) in [7, 11) is 0. The molecule has 2 aromatic carbocycles. The van der Waals surface area contributed by atoms with Crippen molar-refractivity contribution in [2.45, 2.75) is 32.6 Å². The minimum atomic E-state index is -0.255. The molecule has 0 atom stereocenters. The van der Waals surface area contributed by atoms with Crippen molar-refractivity contribution in [3.05, 3.63) is 59.7 Å². The Labute approximate surface area is 160 Å². The molecule has 1 fully saturated rings. The smallest absolute Gasteiger partial charge is 0.262 e. The highest BCUT2D eigenvalue weighted by Gasteiger charge is 2.17. The number of rotatable bonds is 5. The van der Waals surface area contributed by atoms with Gasteiger partial charge in [-0.3, -0.25) is 9.59 Å². The standard InChI is InChI=1S/C22H26N2O3/c1-17-9-11-20(12-10-17)27-16-21(25)23-19-8-6-7-18(15-19)22(26)24-13-4-2-3-5-14-24/h6-12,15H,2-5,13-14,16H2,1H3,(H,23,25). The quantitative estimate of drug-likeness (QED) is 0.869. The zero-order chi connectivity index (χ0) is 19.1. The van der Waals surface area contributed by atoms with Crippen molar-refractivity contribution in [3.8, 4) is 5.75 Å². The summed E-state index contributed by atoms with van der Waals surface area (Å²) in [5, 5.41) is 2.80. The highest BCUT2D eigenvalue weighted by molar-refractivity contribution is 5.97. The Morgan fingerprint density at radius 3 is 2.41 bits per heavy atom. The van der Waals surface area contributed by atoms with Gasteiger partial charge in [0, 0.05) is 24.3 Å². The Bertz CT molecular complexity index is 778. The van der Waals surface area contributed by atoms with E-state index in [1.54, 1.807) is 24.3 Å². The lowest BCUT2D eigenvalue weighted by Crippen LogP contribution is -2.31. The van der Waals surface area contributed by atoms with E-state index in [-0.39, 0.29) is 18.4 Å². The SMILES string of the molecule is Cc1ccc(OCC(=O)Nc2cccc(C(=O)N3CCCCCC3)c2)cc1. The fourth-order valence-corrected chi connectivity index (χ4v) is 3.17. The number of nitrogens with zero attached hydrogens (tertiary/aromatic N) is 1. The molecule has 2 aromatic rings. The Kier molecular flexibility index (Phi) is 6.47. The van der Waals surface area contributed by atoms with Crippen LogP contribution in [0.2, 0.25) is 0 Å². The lowest BCUT2D eigenvalue weighted by molar-refractivity contribution is -0.118. The normalized spacial score (nSPS) is 14.3. The van der Waals surface area contributed by atoms with Gasteiger partial charge < -0.3 is 15.0 Å². The van der Waals surface area contributed by atoms with Gasteiger partial charge in [0.2, 0.25) is 0 Å². The van der Waals surface area contributed by atoms with Gasteiger partial charge in [-0.15, -0.1) is 0 Å². The van der Waals surface area contributed by atoms with Crippen molar-refractivity contribution in [2.75, 3.05) is 25.0 Å². The predicted molar refractivity (Wildman–Crippen MR) is 106 cm³/mol. The Hall–Kier alpha value is -2.82. The van der Waals surface area contributed by atoms with Gasteiger partial charge in [-0.05, 0) is 50.1 Å². The molecule has 2 amide bonds. The molecule has 0 unspecified atom stereocenters. The molecule has 0 saturated carbocycles. The van der Waals surface area contributed by atoms with Gasteiger partial charge in [0.1, 0.15) is 5.75 Å². The minimum Gasteiger partial charge on any atom is -0.484 e. The first-order valence-electron chi connectivity index (χ1n) is 9.50. The van der Waals surface area contributed by atoms with Gasteiger partial charge in [0.15, 0.2) is 6.61 Å². The maximum atomic E-state index is 12.7. The van der Waals surface area contributed by atoms with Gasteiger partial charge in [-0.25, -0.2) is 0 Å². The summed E-state index contributed by atoms with van der Waals surface area (Å²) in [5.74, 6) is 0.430. The molecule has 1 heterocycles. The average Bonchev–Trinajstić information content (AvgIpc) is 2.97. The van der Waals surface area contributed by atoms with Gasteiger partial charge >= 0.3 is 0 Å². The highest BCUT2D eigenvalue weighted by atomic mass is 16.5. The molecule has 0 spiro atoms. The van der Waals surface area contributed by atoms with Crippen molar-refractivity contribution >= 4 is 17.5 Å². The molecular weight excluding hydrogens is 340 g/mol. The van der Waals surface area contributed by atoms with Crippen LogP contribution in [-0.4, -0.2) is 36.4 Å². The molecule has 1 aliphatic rings. The largest absolute Gasteiger partial charge is 0.484 e. The molecule has 0 aromatic heterocycles. The number of carbonyl (C=O) groups excluding carboxylic acids is 2. The fourth-order valence-electron chi connectivity index (χ4n) is 3.17. The van der Waals surface area contributed by atoms with Crippen LogP contribution in [0.15, 0.2) is 48.5 Å². The second-order valence-corrected chi connectivity index (χ2v) is 6.94. The number of benzene rings is 2. The Morgan fingerprint density at radius 2 is 1.70 bits per heavy atom. The molecule has 0 radical (unpaired) electrons. The number of aryl methyl sites for hydroxylation is 1. The minimum absolute atomic E-state index is 0.0314. The summed E-state index contributed by atoms with van der Waals surface area (Å²) in [6, 6.07) is 14.6. The first kappa shape index (κ1) is 19.0. The molecule has 142 valence electrons. The van der Waals surface area contributed by atoms with Crippen LogP contribution >= 0.6 is 0 Å². The Balaban J connectivity index is 1.57. The van der Waals surface area contributed by atoms with Crippen LogP contribution in [0.3, 0.4) is 0 Å². The van der Waals surface area contributed by atoms with E-state index in [9.17, 15) is 9.59 Å². The summed E-state index contributed by atoms with van der Waals surface area (Å²) in [6.07, 6.45) is 4.47. The van der Waals surface area contributed by atoms with E-state index >= 15 is 0 Å². The number of carbonyl (C=O) groups is 2. The van der Waals surface area contributed by atoms with Crippen molar-refractivity contribution in [3.63, 3.8) is 0 Å². The third-order valence-electron chi connectivity index (χ3n) is 4.68. The lowest BCUT2D eigenvalue weighted by atomic mass is 10.1. The molecule has 1 saturated heterocycles. The molecule has 5 heteroatoms. The summed E-state index contributed by atoms with van der Waals surface area (Å²) in [5.41, 5.74) is 2.35. The number of hydrogen-bond acceptors (Lipinski definition) is 3. The number of amides is 2. The van der Waals surface area contributed by atoms with Crippen molar-refractivity contribution in [1.82, 2.24) is 4.90 Å². The van der Waals surface area contributed by atoms with Crippen LogP contribution in [0.5, 0.6) is 5.75 Å². The van der Waals surface area contributed by atoms with Gasteiger partial charge in [-0.2, -0.15) is 0 Å². The predicted octanol–water partition coefficient (Wildman–Crippen LogP) is 4.03. The lowest BCUT2D eigenvalue weighted by Gasteiger charge is -2.20. The fraction of sp³-hybridized carbons (Fsp3) is 0.364. The van der Waals surface area contributed by atoms with E-state index in [2.05, 4.69) is 5.32 Å². The molecule has 0 aliphatic carbocycles. The van der Waals surface area contributed by atoms with E-state index in [4.69, 9.17) is 4.74 Å². The number of nitrogens with one attached hydrogen (secondary N) is 1. The van der Waals surface area contributed by atoms with Gasteiger partial charge in [0.25, 0.3) is 11.8 Å². The first-order valence-corrected chi connectivity index (χ1v) is 9.50. The molecule has 3 rings (SSSR count). The van der Waals surface area contributed by atoms with E-state index in [0.29, 0.717) is 17.0 Å². The highest BCUT2D eigenvalue weighted by Crippen LogP contribution is 2.17. The van der Waals surface area contributed by atoms with E-state index < -0.39 is 0 Å². The first-order chi connectivity index (χ1) is 13.1. The zero-order valence-electron chi connectivity index (χ0n) is 15.7. The van der Waals surface area contributed by atoms with Crippen molar-refractivity contribution in [2.24, 2.45) is 0 Å². The van der Waals surface area contributed by atoms with Crippen LogP contribution in [0.1, 0.15) is 41.6 Å². The summed E-state index contributed by atoms with van der Waals surface area (Å²) < 4.78 is 5.49. The number of likely N-dealkylation sites (tertiary alicyclic amines) is 1. The van der Waals surface area contributed by atoms with Crippen molar-refractivity contribution in [1.29, 1.82) is 0 Å². The van der Waals surface area contributed by atoms with Crippen LogP contribution in [-0.2, 0) is 4.79 Å².